The molecule has 1 amide bonds. The van der Waals surface area contributed by atoms with Gasteiger partial charge in [0.05, 0.1) is 5.75 Å². The molecule has 0 aliphatic carbocycles. The van der Waals surface area contributed by atoms with Gasteiger partial charge in [0.25, 0.3) is 0 Å². The highest BCUT2D eigenvalue weighted by Crippen LogP contribution is 2.13. The number of carbonyl (C=O) groups is 1. The lowest BCUT2D eigenvalue weighted by Crippen LogP contribution is -2.37. The number of hydrogen-bond acceptors (Lipinski definition) is 5. The molecule has 0 saturated heterocycles. The van der Waals surface area contributed by atoms with Crippen LogP contribution in [0.1, 0.15) is 26.3 Å². The zero-order valence-electron chi connectivity index (χ0n) is 12.1. The smallest absolute Gasteiger partial charge is 0.421 e. The van der Waals surface area contributed by atoms with Gasteiger partial charge in [-0.1, -0.05) is 6.07 Å². The number of carbonyl (C=O) groups excluding carboxylic acids is 1. The van der Waals surface area contributed by atoms with E-state index in [4.69, 9.17) is 10.5 Å². The summed E-state index contributed by atoms with van der Waals surface area (Å²) in [5.74, 6) is -1.02. The van der Waals surface area contributed by atoms with Gasteiger partial charge in [-0.15, -0.1) is 0 Å². The first-order valence-electron chi connectivity index (χ1n) is 6.26. The Labute approximate surface area is 123 Å². The van der Waals surface area contributed by atoms with Crippen molar-refractivity contribution >= 4 is 21.8 Å². The number of nitrogen functional groups attached to an aromatic ring is 1. The van der Waals surface area contributed by atoms with Gasteiger partial charge < -0.3 is 10.5 Å². The van der Waals surface area contributed by atoms with E-state index in [1.54, 1.807) is 25.5 Å². The van der Waals surface area contributed by atoms with Crippen LogP contribution in [-0.2, 0) is 21.2 Å². The summed E-state index contributed by atoms with van der Waals surface area (Å²) in [4.78, 5) is 11.4. The SMILES string of the molecule is CC(C)(C)OC(=O)NS(=O)(=O)CCc1ccc(N)cc1F. The van der Waals surface area contributed by atoms with Crippen LogP contribution in [-0.4, -0.2) is 25.9 Å². The van der Waals surface area contributed by atoms with Crippen molar-refractivity contribution in [2.24, 2.45) is 0 Å². The van der Waals surface area contributed by atoms with Crippen LogP contribution in [0.25, 0.3) is 0 Å². The second kappa shape index (κ2) is 6.30. The molecular formula is C13H19FN2O4S. The van der Waals surface area contributed by atoms with E-state index in [2.05, 4.69) is 0 Å². The molecule has 1 aromatic rings. The molecule has 0 heterocycles. The van der Waals surface area contributed by atoms with E-state index in [1.165, 1.54) is 12.1 Å². The number of anilines is 1. The molecule has 0 unspecified atom stereocenters. The number of halogens is 1. The first-order valence-corrected chi connectivity index (χ1v) is 7.91. The Bertz CT molecular complexity index is 624. The van der Waals surface area contributed by atoms with Gasteiger partial charge in [-0.05, 0) is 44.9 Å². The summed E-state index contributed by atoms with van der Waals surface area (Å²) in [7, 11) is -3.90. The van der Waals surface area contributed by atoms with E-state index in [9.17, 15) is 17.6 Å². The molecule has 8 heteroatoms. The van der Waals surface area contributed by atoms with Crippen LogP contribution in [0.4, 0.5) is 14.9 Å². The number of amides is 1. The summed E-state index contributed by atoms with van der Waals surface area (Å²) in [6.45, 7) is 4.84. The topological polar surface area (TPSA) is 98.5 Å². The van der Waals surface area contributed by atoms with Crippen molar-refractivity contribution in [2.45, 2.75) is 32.8 Å². The van der Waals surface area contributed by atoms with E-state index < -0.39 is 33.3 Å². The standard InChI is InChI=1S/C13H19FN2O4S/c1-13(2,3)20-12(17)16-21(18,19)7-6-9-4-5-10(15)8-11(9)14/h4-5,8H,6-7,15H2,1-3H3,(H,16,17). The Kier molecular flexibility index (Phi) is 5.16. The van der Waals surface area contributed by atoms with Crippen molar-refractivity contribution in [2.75, 3.05) is 11.5 Å². The van der Waals surface area contributed by atoms with Crippen molar-refractivity contribution in [3.05, 3.63) is 29.6 Å². The number of ether oxygens (including phenoxy) is 1. The van der Waals surface area contributed by atoms with Crippen LogP contribution < -0.4 is 10.5 Å². The van der Waals surface area contributed by atoms with Gasteiger partial charge in [0.2, 0.25) is 10.0 Å². The molecule has 1 aromatic carbocycles. The highest BCUT2D eigenvalue weighted by Gasteiger charge is 2.21. The van der Waals surface area contributed by atoms with Crippen LogP contribution in [0.15, 0.2) is 18.2 Å². The number of rotatable bonds is 4. The summed E-state index contributed by atoms with van der Waals surface area (Å²) >= 11 is 0. The number of aryl methyl sites for hydroxylation is 1. The van der Waals surface area contributed by atoms with E-state index in [1.807, 2.05) is 0 Å². The number of hydrogen-bond donors (Lipinski definition) is 2. The van der Waals surface area contributed by atoms with Gasteiger partial charge in [0.1, 0.15) is 11.4 Å². The van der Waals surface area contributed by atoms with Crippen LogP contribution in [0.3, 0.4) is 0 Å². The normalized spacial score (nSPS) is 12.0. The number of sulfonamides is 1. The third-order valence-corrected chi connectivity index (χ3v) is 3.57. The van der Waals surface area contributed by atoms with Gasteiger partial charge in [-0.3, -0.25) is 0 Å². The fourth-order valence-corrected chi connectivity index (χ4v) is 2.37. The highest BCUT2D eigenvalue weighted by molar-refractivity contribution is 7.90. The maximum absolute atomic E-state index is 13.5. The second-order valence-corrected chi connectivity index (χ2v) is 7.37. The van der Waals surface area contributed by atoms with Crippen LogP contribution in [0.2, 0.25) is 0 Å². The fourth-order valence-electron chi connectivity index (χ4n) is 1.49. The molecule has 0 spiro atoms. The fraction of sp³-hybridized carbons (Fsp3) is 0.462. The lowest BCUT2D eigenvalue weighted by atomic mass is 10.1. The van der Waals surface area contributed by atoms with Gasteiger partial charge in [-0.2, -0.15) is 0 Å². The first-order chi connectivity index (χ1) is 9.48. The van der Waals surface area contributed by atoms with Crippen molar-refractivity contribution < 1.29 is 22.3 Å². The van der Waals surface area contributed by atoms with Crippen molar-refractivity contribution in [1.29, 1.82) is 0 Å². The zero-order chi connectivity index (χ0) is 16.3. The zero-order valence-corrected chi connectivity index (χ0v) is 13.0. The minimum atomic E-state index is -3.90. The van der Waals surface area contributed by atoms with Crippen molar-refractivity contribution in [3.63, 3.8) is 0 Å². The molecule has 0 atom stereocenters. The lowest BCUT2D eigenvalue weighted by Gasteiger charge is -2.19. The quantitative estimate of drug-likeness (QED) is 0.825. The predicted molar refractivity (Wildman–Crippen MR) is 77.7 cm³/mol. The minimum Gasteiger partial charge on any atom is -0.443 e. The summed E-state index contributed by atoms with van der Waals surface area (Å²) < 4.78 is 43.6. The maximum Gasteiger partial charge on any atom is 0.421 e. The minimum absolute atomic E-state index is 0.0791. The monoisotopic (exact) mass is 318 g/mol. The maximum atomic E-state index is 13.5. The summed E-state index contributed by atoms with van der Waals surface area (Å²) in [5, 5.41) is 0. The van der Waals surface area contributed by atoms with E-state index in [0.717, 1.165) is 6.07 Å². The Morgan fingerprint density at radius 1 is 1.38 bits per heavy atom. The van der Waals surface area contributed by atoms with Crippen LogP contribution in [0, 0.1) is 5.82 Å². The van der Waals surface area contributed by atoms with E-state index in [0.29, 0.717) is 0 Å². The van der Waals surface area contributed by atoms with E-state index in [-0.39, 0.29) is 17.7 Å². The summed E-state index contributed by atoms with van der Waals surface area (Å²) in [6.07, 6.45) is -1.13. The summed E-state index contributed by atoms with van der Waals surface area (Å²) in [5.41, 5.74) is 5.06. The van der Waals surface area contributed by atoms with Gasteiger partial charge in [0, 0.05) is 5.69 Å². The summed E-state index contributed by atoms with van der Waals surface area (Å²) in [6, 6.07) is 4.00. The largest absolute Gasteiger partial charge is 0.443 e. The van der Waals surface area contributed by atoms with Gasteiger partial charge in [-0.25, -0.2) is 22.3 Å². The Balaban J connectivity index is 2.63. The van der Waals surface area contributed by atoms with Crippen molar-refractivity contribution in [3.8, 4) is 0 Å². The third-order valence-electron chi connectivity index (χ3n) is 2.35. The van der Waals surface area contributed by atoms with E-state index >= 15 is 0 Å². The second-order valence-electron chi connectivity index (χ2n) is 5.52. The molecule has 0 radical (unpaired) electrons. The molecule has 118 valence electrons. The average molecular weight is 318 g/mol. The van der Waals surface area contributed by atoms with Crippen molar-refractivity contribution in [1.82, 2.24) is 4.72 Å². The predicted octanol–water partition coefficient (Wildman–Crippen LogP) is 1.80. The molecule has 6 nitrogen and oxygen atoms in total. The molecule has 0 bridgehead atoms. The average Bonchev–Trinajstić information content (AvgIpc) is 2.23. The van der Waals surface area contributed by atoms with Gasteiger partial charge >= 0.3 is 6.09 Å². The number of nitrogens with one attached hydrogen (secondary N) is 1. The number of nitrogens with two attached hydrogens (primary N) is 1. The molecule has 3 N–H and O–H groups in total. The molecule has 0 aliphatic heterocycles. The lowest BCUT2D eigenvalue weighted by molar-refractivity contribution is 0.0570. The van der Waals surface area contributed by atoms with Crippen LogP contribution in [0.5, 0.6) is 0 Å². The van der Waals surface area contributed by atoms with Gasteiger partial charge in [0.15, 0.2) is 0 Å². The Hall–Kier alpha value is -1.83. The molecule has 1 rings (SSSR count). The molecule has 0 fully saturated rings. The Morgan fingerprint density at radius 3 is 2.52 bits per heavy atom. The molecule has 21 heavy (non-hydrogen) atoms. The molecule has 0 aliphatic rings. The molecule has 0 saturated carbocycles. The molecular weight excluding hydrogens is 299 g/mol. The molecule has 0 aromatic heterocycles. The number of benzene rings is 1. The van der Waals surface area contributed by atoms with Crippen LogP contribution >= 0.6 is 0 Å². The third kappa shape index (κ3) is 6.44. The Morgan fingerprint density at radius 2 is 2.00 bits per heavy atom. The first kappa shape index (κ1) is 17.2. The highest BCUT2D eigenvalue weighted by atomic mass is 32.2.